The molecule has 9 heteroatoms. The molecule has 0 unspecified atom stereocenters. The van der Waals surface area contributed by atoms with Crippen LogP contribution in [0, 0.1) is 6.92 Å². The number of thiocarbonyl (C=S) groups is 1. The molecule has 0 fully saturated rings. The molecular weight excluding hydrogens is 372 g/mol. The van der Waals surface area contributed by atoms with Crippen LogP contribution in [-0.4, -0.2) is 37.3 Å². The first-order valence-corrected chi connectivity index (χ1v) is 9.58. The van der Waals surface area contributed by atoms with Gasteiger partial charge >= 0.3 is 0 Å². The van der Waals surface area contributed by atoms with Crippen molar-refractivity contribution in [3.63, 3.8) is 0 Å². The van der Waals surface area contributed by atoms with E-state index in [9.17, 15) is 13.2 Å². The van der Waals surface area contributed by atoms with E-state index in [4.69, 9.17) is 12.2 Å². The minimum atomic E-state index is -3.74. The van der Waals surface area contributed by atoms with Gasteiger partial charge in [0.15, 0.2) is 5.11 Å². The number of rotatable bonds is 5. The van der Waals surface area contributed by atoms with E-state index < -0.39 is 15.9 Å². The summed E-state index contributed by atoms with van der Waals surface area (Å²) < 4.78 is 25.9. The predicted molar refractivity (Wildman–Crippen MR) is 105 cm³/mol. The van der Waals surface area contributed by atoms with Crippen molar-refractivity contribution in [3.05, 3.63) is 60.2 Å². The Kier molecular flexibility index (Phi) is 6.67. The Morgan fingerprint density at radius 1 is 1.04 bits per heavy atom. The van der Waals surface area contributed by atoms with E-state index in [0.717, 1.165) is 15.6 Å². The highest BCUT2D eigenvalue weighted by molar-refractivity contribution is 7.89. The summed E-state index contributed by atoms with van der Waals surface area (Å²) in [5, 5.41) is 3.07. The van der Waals surface area contributed by atoms with E-state index in [2.05, 4.69) is 16.2 Å². The van der Waals surface area contributed by atoms with Gasteiger partial charge in [-0.05, 0) is 43.4 Å². The fourth-order valence-electron chi connectivity index (χ4n) is 2.03. The number of amides is 1. The molecule has 1 amide bonds. The van der Waals surface area contributed by atoms with Gasteiger partial charge in [-0.1, -0.05) is 35.9 Å². The third-order valence-corrected chi connectivity index (χ3v) is 5.46. The second-order valence-electron chi connectivity index (χ2n) is 5.57. The summed E-state index contributed by atoms with van der Waals surface area (Å²) in [4.78, 5) is 12.1. The Balaban J connectivity index is 1.86. The van der Waals surface area contributed by atoms with Crippen LogP contribution in [-0.2, 0) is 14.8 Å². The van der Waals surface area contributed by atoms with Crippen LogP contribution in [0.25, 0.3) is 0 Å². The van der Waals surface area contributed by atoms with Crippen LogP contribution in [0.5, 0.6) is 0 Å². The van der Waals surface area contributed by atoms with E-state index in [0.29, 0.717) is 0 Å². The molecule has 3 N–H and O–H groups in total. The number of carbonyl (C=O) groups is 1. The van der Waals surface area contributed by atoms with E-state index in [1.165, 1.54) is 19.2 Å². The molecule has 26 heavy (non-hydrogen) atoms. The third kappa shape index (κ3) is 5.51. The number of carbonyl (C=O) groups excluding carboxylic acids is 1. The molecule has 0 aliphatic carbocycles. The van der Waals surface area contributed by atoms with E-state index in [-0.39, 0.29) is 16.6 Å². The summed E-state index contributed by atoms with van der Waals surface area (Å²) in [6.45, 7) is 1.52. The molecular formula is C17H20N4O3S2. The van der Waals surface area contributed by atoms with Gasteiger partial charge < -0.3 is 5.32 Å². The Labute approximate surface area is 158 Å². The van der Waals surface area contributed by atoms with Gasteiger partial charge in [0.2, 0.25) is 10.0 Å². The Hall–Kier alpha value is -2.49. The Morgan fingerprint density at radius 2 is 1.65 bits per heavy atom. The second kappa shape index (κ2) is 8.75. The fraction of sp³-hybridized carbons (Fsp3) is 0.176. The second-order valence-corrected chi connectivity index (χ2v) is 8.02. The number of anilines is 1. The number of likely N-dealkylation sites (N-methyl/N-ethyl adjacent to an activating group) is 1. The Bertz CT molecular complexity index is 869. The summed E-state index contributed by atoms with van der Waals surface area (Å²) in [6.07, 6.45) is 0. The zero-order valence-electron chi connectivity index (χ0n) is 14.4. The molecule has 0 atom stereocenters. The molecule has 0 aliphatic heterocycles. The summed E-state index contributed by atoms with van der Waals surface area (Å²) in [5.41, 5.74) is 6.62. The number of benzene rings is 2. The van der Waals surface area contributed by atoms with Crippen molar-refractivity contribution in [2.24, 2.45) is 0 Å². The summed E-state index contributed by atoms with van der Waals surface area (Å²) in [7, 11) is -2.40. The van der Waals surface area contributed by atoms with E-state index in [1.807, 2.05) is 37.3 Å². The summed E-state index contributed by atoms with van der Waals surface area (Å²) in [5.74, 6) is -0.541. The molecule has 0 aliphatic rings. The van der Waals surface area contributed by atoms with Crippen molar-refractivity contribution in [1.82, 2.24) is 15.2 Å². The molecule has 0 saturated heterocycles. The van der Waals surface area contributed by atoms with Gasteiger partial charge in [-0.3, -0.25) is 15.6 Å². The van der Waals surface area contributed by atoms with Gasteiger partial charge in [-0.2, -0.15) is 4.31 Å². The normalized spacial score (nSPS) is 11.0. The molecule has 0 saturated carbocycles. The van der Waals surface area contributed by atoms with Gasteiger partial charge in [-0.25, -0.2) is 8.42 Å². The molecule has 0 bridgehead atoms. The monoisotopic (exact) mass is 392 g/mol. The van der Waals surface area contributed by atoms with E-state index in [1.54, 1.807) is 12.1 Å². The molecule has 0 aromatic heterocycles. The molecule has 138 valence electrons. The van der Waals surface area contributed by atoms with Crippen molar-refractivity contribution in [3.8, 4) is 0 Å². The molecule has 0 radical (unpaired) electrons. The average molecular weight is 393 g/mol. The minimum absolute atomic E-state index is 0.132. The molecule has 2 aromatic carbocycles. The number of para-hydroxylation sites is 1. The van der Waals surface area contributed by atoms with Crippen molar-refractivity contribution in [2.75, 3.05) is 18.9 Å². The largest absolute Gasteiger partial charge is 0.331 e. The molecule has 0 heterocycles. The number of hydrogen-bond acceptors (Lipinski definition) is 4. The standard InChI is InChI=1S/C17H20N4O3S2/c1-13-8-10-15(11-9-13)26(23,24)21(2)12-16(22)19-20-17(25)18-14-6-4-3-5-7-14/h3-11H,12H2,1-2H3,(H,19,22)(H2,18,20,25). The fourth-order valence-corrected chi connectivity index (χ4v) is 3.32. The minimum Gasteiger partial charge on any atom is -0.331 e. The predicted octanol–water partition coefficient (Wildman–Crippen LogP) is 1.63. The smallest absolute Gasteiger partial charge is 0.253 e. The number of hydrazine groups is 1. The van der Waals surface area contributed by atoms with Crippen LogP contribution in [0.4, 0.5) is 5.69 Å². The first kappa shape index (κ1) is 19.8. The average Bonchev–Trinajstić information content (AvgIpc) is 2.61. The van der Waals surface area contributed by atoms with Crippen LogP contribution in [0.2, 0.25) is 0 Å². The number of sulfonamides is 1. The van der Waals surface area contributed by atoms with Crippen LogP contribution in [0.15, 0.2) is 59.5 Å². The van der Waals surface area contributed by atoms with Gasteiger partial charge in [-0.15, -0.1) is 0 Å². The van der Waals surface area contributed by atoms with Crippen LogP contribution < -0.4 is 16.2 Å². The first-order valence-electron chi connectivity index (χ1n) is 7.73. The molecule has 7 nitrogen and oxygen atoms in total. The number of nitrogens with zero attached hydrogens (tertiary/aromatic N) is 1. The maximum Gasteiger partial charge on any atom is 0.253 e. The number of nitrogens with one attached hydrogen (secondary N) is 3. The zero-order chi connectivity index (χ0) is 19.2. The zero-order valence-corrected chi connectivity index (χ0v) is 16.0. The van der Waals surface area contributed by atoms with Crippen molar-refractivity contribution in [1.29, 1.82) is 0 Å². The number of aryl methyl sites for hydroxylation is 1. The van der Waals surface area contributed by atoms with Gasteiger partial charge in [0.05, 0.1) is 11.4 Å². The Morgan fingerprint density at radius 3 is 2.27 bits per heavy atom. The highest BCUT2D eigenvalue weighted by Crippen LogP contribution is 2.14. The lowest BCUT2D eigenvalue weighted by Crippen LogP contribution is -2.48. The molecule has 2 rings (SSSR count). The lowest BCUT2D eigenvalue weighted by atomic mass is 10.2. The summed E-state index contributed by atoms with van der Waals surface area (Å²) >= 11 is 5.06. The van der Waals surface area contributed by atoms with Gasteiger partial charge in [0, 0.05) is 12.7 Å². The highest BCUT2D eigenvalue weighted by Gasteiger charge is 2.22. The maximum absolute atomic E-state index is 12.4. The first-order chi connectivity index (χ1) is 12.3. The van der Waals surface area contributed by atoms with Crippen LogP contribution in [0.3, 0.4) is 0 Å². The summed E-state index contributed by atoms with van der Waals surface area (Å²) in [6, 6.07) is 15.6. The lowest BCUT2D eigenvalue weighted by molar-refractivity contribution is -0.121. The third-order valence-electron chi connectivity index (χ3n) is 3.44. The quantitative estimate of drug-likeness (QED) is 0.529. The topological polar surface area (TPSA) is 90.5 Å². The van der Waals surface area contributed by atoms with Crippen LogP contribution >= 0.6 is 12.2 Å². The van der Waals surface area contributed by atoms with Crippen molar-refractivity contribution < 1.29 is 13.2 Å². The lowest BCUT2D eigenvalue weighted by Gasteiger charge is -2.18. The van der Waals surface area contributed by atoms with E-state index >= 15 is 0 Å². The SMILES string of the molecule is Cc1ccc(S(=O)(=O)N(C)CC(=O)NNC(=S)Nc2ccccc2)cc1. The highest BCUT2D eigenvalue weighted by atomic mass is 32.2. The van der Waals surface area contributed by atoms with Crippen molar-refractivity contribution >= 4 is 38.9 Å². The van der Waals surface area contributed by atoms with Gasteiger partial charge in [0.25, 0.3) is 5.91 Å². The number of hydrogen-bond donors (Lipinski definition) is 3. The van der Waals surface area contributed by atoms with Crippen LogP contribution in [0.1, 0.15) is 5.56 Å². The molecule has 2 aromatic rings. The van der Waals surface area contributed by atoms with Gasteiger partial charge in [0.1, 0.15) is 0 Å². The van der Waals surface area contributed by atoms with Crippen molar-refractivity contribution in [2.45, 2.75) is 11.8 Å². The maximum atomic E-state index is 12.4. The molecule has 0 spiro atoms.